The van der Waals surface area contributed by atoms with Crippen LogP contribution in [0.3, 0.4) is 0 Å². The van der Waals surface area contributed by atoms with E-state index in [1.54, 1.807) is 0 Å². The molecule has 2 heterocycles. The maximum atomic E-state index is 9.77. The molecule has 2 N–H and O–H groups in total. The molecule has 0 spiro atoms. The minimum Gasteiger partial charge on any atom is -0.473 e. The number of benzene rings is 2. The van der Waals surface area contributed by atoms with Crippen LogP contribution in [0.5, 0.6) is 5.88 Å². The van der Waals surface area contributed by atoms with Crippen LogP contribution >= 0.6 is 0 Å². The molecule has 0 unspecified atom stereocenters. The van der Waals surface area contributed by atoms with E-state index in [1.807, 2.05) is 24.4 Å². The first-order chi connectivity index (χ1) is 14.2. The number of ether oxygens (including phenoxy) is 1. The lowest BCUT2D eigenvalue weighted by Gasteiger charge is -2.27. The van der Waals surface area contributed by atoms with Crippen LogP contribution in [0, 0.1) is 6.92 Å². The summed E-state index contributed by atoms with van der Waals surface area (Å²) in [7, 11) is 0. The van der Waals surface area contributed by atoms with Crippen LogP contribution in [0.1, 0.15) is 29.5 Å². The van der Waals surface area contributed by atoms with Crippen molar-refractivity contribution in [2.45, 2.75) is 38.3 Å². The smallest absolute Gasteiger partial charge is 0.213 e. The second kappa shape index (κ2) is 8.76. The highest BCUT2D eigenvalue weighted by Gasteiger charge is 2.32. The average molecular weight is 389 g/mol. The Hall–Kier alpha value is -2.69. The molecule has 2 aromatic carbocycles. The summed E-state index contributed by atoms with van der Waals surface area (Å²) in [5.41, 5.74) is 5.75. The summed E-state index contributed by atoms with van der Waals surface area (Å²) >= 11 is 0. The predicted octanol–water partition coefficient (Wildman–Crippen LogP) is 4.29. The van der Waals surface area contributed by atoms with Gasteiger partial charge in [0, 0.05) is 17.8 Å². The quantitative estimate of drug-likeness (QED) is 0.634. The van der Waals surface area contributed by atoms with Gasteiger partial charge in [0.15, 0.2) is 0 Å². The van der Waals surface area contributed by atoms with Gasteiger partial charge in [-0.15, -0.1) is 0 Å². The van der Waals surface area contributed by atoms with Crippen LogP contribution in [-0.2, 0) is 13.0 Å². The molecule has 0 radical (unpaired) electrons. The van der Waals surface area contributed by atoms with Crippen LogP contribution in [0.15, 0.2) is 66.9 Å². The Morgan fingerprint density at radius 3 is 2.62 bits per heavy atom. The summed E-state index contributed by atoms with van der Waals surface area (Å²) in [6, 6.07) is 20.7. The molecule has 4 nitrogen and oxygen atoms in total. The molecule has 4 rings (SSSR count). The van der Waals surface area contributed by atoms with Gasteiger partial charge < -0.3 is 15.2 Å². The van der Waals surface area contributed by atoms with Crippen molar-refractivity contribution in [3.63, 3.8) is 0 Å². The lowest BCUT2D eigenvalue weighted by Crippen LogP contribution is -2.45. The predicted molar refractivity (Wildman–Crippen MR) is 116 cm³/mol. The zero-order valence-electron chi connectivity index (χ0n) is 16.9. The molecule has 1 saturated heterocycles. The van der Waals surface area contributed by atoms with E-state index in [-0.39, 0.29) is 12.1 Å². The molecule has 4 heteroatoms. The number of nitrogens with one attached hydrogen (secondary N) is 1. The zero-order chi connectivity index (χ0) is 20.1. The second-order valence-corrected chi connectivity index (χ2v) is 7.89. The summed E-state index contributed by atoms with van der Waals surface area (Å²) in [5.74, 6) is 0.621. The largest absolute Gasteiger partial charge is 0.473 e. The standard InChI is InChI=1S/C25H28N2O2/c1-19-22(9-5-10-23(19)21-7-3-2-4-8-21)17-29-24-12-11-20(16-26-24)15-25(18-28)13-6-14-27-25/h2-5,7-12,16,27-28H,6,13-15,17-18H2,1H3/t25-/m0/s1. The Balaban J connectivity index is 1.42. The first-order valence-electron chi connectivity index (χ1n) is 10.3. The van der Waals surface area contributed by atoms with Crippen LogP contribution in [-0.4, -0.2) is 28.8 Å². The molecule has 150 valence electrons. The maximum Gasteiger partial charge on any atom is 0.213 e. The molecule has 1 aliphatic heterocycles. The Morgan fingerprint density at radius 1 is 1.07 bits per heavy atom. The molecule has 1 fully saturated rings. The summed E-state index contributed by atoms with van der Waals surface area (Å²) < 4.78 is 5.96. The van der Waals surface area contributed by atoms with Gasteiger partial charge in [-0.25, -0.2) is 4.98 Å². The molecule has 1 atom stereocenters. The summed E-state index contributed by atoms with van der Waals surface area (Å²) in [6.45, 7) is 3.75. The van der Waals surface area contributed by atoms with Gasteiger partial charge in [0.25, 0.3) is 0 Å². The number of hydrogen-bond donors (Lipinski definition) is 2. The van der Waals surface area contributed by atoms with Gasteiger partial charge in [-0.05, 0) is 60.5 Å². The van der Waals surface area contributed by atoms with E-state index in [4.69, 9.17) is 4.74 Å². The fourth-order valence-electron chi connectivity index (χ4n) is 4.12. The Kier molecular flexibility index (Phi) is 5.93. The van der Waals surface area contributed by atoms with Crippen LogP contribution in [0.2, 0.25) is 0 Å². The van der Waals surface area contributed by atoms with Gasteiger partial charge in [0.1, 0.15) is 6.61 Å². The van der Waals surface area contributed by atoms with Crippen molar-refractivity contribution >= 4 is 0 Å². The normalized spacial score (nSPS) is 18.7. The zero-order valence-corrected chi connectivity index (χ0v) is 16.9. The maximum absolute atomic E-state index is 9.77. The fourth-order valence-corrected chi connectivity index (χ4v) is 4.12. The molecular weight excluding hydrogens is 360 g/mol. The van der Waals surface area contributed by atoms with Gasteiger partial charge in [-0.3, -0.25) is 0 Å². The Bertz CT molecular complexity index is 933. The van der Waals surface area contributed by atoms with Crippen molar-refractivity contribution in [1.82, 2.24) is 10.3 Å². The highest BCUT2D eigenvalue weighted by Crippen LogP contribution is 2.27. The van der Waals surface area contributed by atoms with E-state index in [0.717, 1.165) is 36.9 Å². The number of pyridine rings is 1. The lowest BCUT2D eigenvalue weighted by molar-refractivity contribution is 0.177. The topological polar surface area (TPSA) is 54.4 Å². The third-order valence-electron chi connectivity index (χ3n) is 5.88. The first kappa shape index (κ1) is 19.6. The number of nitrogens with zero attached hydrogens (tertiary/aromatic N) is 1. The van der Waals surface area contributed by atoms with E-state index in [0.29, 0.717) is 12.5 Å². The molecule has 0 aliphatic carbocycles. The van der Waals surface area contributed by atoms with Crippen molar-refractivity contribution in [1.29, 1.82) is 0 Å². The van der Waals surface area contributed by atoms with Gasteiger partial charge in [-0.1, -0.05) is 54.6 Å². The molecular formula is C25H28N2O2. The van der Waals surface area contributed by atoms with Crippen molar-refractivity contribution in [3.8, 4) is 17.0 Å². The minimum absolute atomic E-state index is 0.155. The molecule has 0 saturated carbocycles. The van der Waals surface area contributed by atoms with Gasteiger partial charge in [-0.2, -0.15) is 0 Å². The number of aliphatic hydroxyl groups is 1. The number of rotatable bonds is 7. The molecule has 3 aromatic rings. The number of hydrogen-bond acceptors (Lipinski definition) is 4. The summed E-state index contributed by atoms with van der Waals surface area (Å²) in [5, 5.41) is 13.2. The van der Waals surface area contributed by atoms with Crippen LogP contribution in [0.4, 0.5) is 0 Å². The van der Waals surface area contributed by atoms with Gasteiger partial charge in [0.2, 0.25) is 5.88 Å². The number of aliphatic hydroxyl groups excluding tert-OH is 1. The molecule has 0 amide bonds. The van der Waals surface area contributed by atoms with Crippen molar-refractivity contribution < 1.29 is 9.84 Å². The lowest BCUT2D eigenvalue weighted by atomic mass is 9.91. The Labute approximate surface area is 172 Å². The van der Waals surface area contributed by atoms with E-state index >= 15 is 0 Å². The summed E-state index contributed by atoms with van der Waals surface area (Å²) in [4.78, 5) is 4.48. The molecule has 1 aromatic heterocycles. The van der Waals surface area contributed by atoms with E-state index < -0.39 is 0 Å². The fraction of sp³-hybridized carbons (Fsp3) is 0.320. The SMILES string of the molecule is Cc1c(COc2ccc(C[C@]3(CO)CCCN3)cn2)cccc1-c1ccccc1. The highest BCUT2D eigenvalue weighted by molar-refractivity contribution is 5.68. The third kappa shape index (κ3) is 4.50. The molecule has 0 bridgehead atoms. The van der Waals surface area contributed by atoms with Crippen molar-refractivity contribution in [2.75, 3.05) is 13.2 Å². The minimum atomic E-state index is -0.195. The van der Waals surface area contributed by atoms with E-state index in [9.17, 15) is 5.11 Å². The Morgan fingerprint density at radius 2 is 1.93 bits per heavy atom. The number of aromatic nitrogens is 1. The van der Waals surface area contributed by atoms with Gasteiger partial charge >= 0.3 is 0 Å². The van der Waals surface area contributed by atoms with E-state index in [2.05, 4.69) is 59.7 Å². The van der Waals surface area contributed by atoms with E-state index in [1.165, 1.54) is 16.7 Å². The van der Waals surface area contributed by atoms with Crippen molar-refractivity contribution in [2.24, 2.45) is 0 Å². The first-order valence-corrected chi connectivity index (χ1v) is 10.3. The monoisotopic (exact) mass is 388 g/mol. The highest BCUT2D eigenvalue weighted by atomic mass is 16.5. The second-order valence-electron chi connectivity index (χ2n) is 7.89. The molecule has 1 aliphatic rings. The summed E-state index contributed by atoms with van der Waals surface area (Å²) in [6.07, 6.45) is 4.75. The molecule has 29 heavy (non-hydrogen) atoms. The van der Waals surface area contributed by atoms with Crippen LogP contribution in [0.25, 0.3) is 11.1 Å². The van der Waals surface area contributed by atoms with Crippen molar-refractivity contribution in [3.05, 3.63) is 83.6 Å². The van der Waals surface area contributed by atoms with Gasteiger partial charge in [0.05, 0.1) is 6.61 Å². The average Bonchev–Trinajstić information content (AvgIpc) is 3.24. The third-order valence-corrected chi connectivity index (χ3v) is 5.88. The van der Waals surface area contributed by atoms with Crippen LogP contribution < -0.4 is 10.1 Å².